The molecular weight excluding hydrogens is 179 g/mol. The Morgan fingerprint density at radius 1 is 1.43 bits per heavy atom. The molecule has 0 amide bonds. The largest absolute Gasteiger partial charge is 0.393 e. The Kier molecular flexibility index (Phi) is 2.11. The summed E-state index contributed by atoms with van der Waals surface area (Å²) >= 11 is 0. The van der Waals surface area contributed by atoms with E-state index in [9.17, 15) is 9.50 Å². The van der Waals surface area contributed by atoms with Crippen LogP contribution in [-0.2, 0) is 11.8 Å². The van der Waals surface area contributed by atoms with Crippen molar-refractivity contribution >= 4 is 0 Å². The molecule has 2 heteroatoms. The van der Waals surface area contributed by atoms with Gasteiger partial charge < -0.3 is 5.11 Å². The molecule has 1 aromatic rings. The van der Waals surface area contributed by atoms with Gasteiger partial charge in [-0.15, -0.1) is 0 Å². The van der Waals surface area contributed by atoms with Crippen molar-refractivity contribution in [2.24, 2.45) is 0 Å². The molecule has 0 spiro atoms. The maximum absolute atomic E-state index is 13.0. The topological polar surface area (TPSA) is 20.2 Å². The summed E-state index contributed by atoms with van der Waals surface area (Å²) in [6.45, 7) is 4.18. The van der Waals surface area contributed by atoms with Crippen molar-refractivity contribution in [2.45, 2.75) is 38.2 Å². The Balaban J connectivity index is 2.52. The van der Waals surface area contributed by atoms with Crippen LogP contribution >= 0.6 is 0 Å². The van der Waals surface area contributed by atoms with Crippen LogP contribution in [0.25, 0.3) is 0 Å². The highest BCUT2D eigenvalue weighted by Crippen LogP contribution is 2.36. The number of fused-ring (bicyclic) bond motifs is 1. The van der Waals surface area contributed by atoms with E-state index in [1.807, 2.05) is 6.07 Å². The van der Waals surface area contributed by atoms with Crippen molar-refractivity contribution in [1.82, 2.24) is 0 Å². The second kappa shape index (κ2) is 3.06. The number of aliphatic hydroxyl groups is 1. The first-order valence-corrected chi connectivity index (χ1v) is 4.96. The second-order valence-corrected chi connectivity index (χ2v) is 4.75. The zero-order chi connectivity index (χ0) is 10.3. The molecule has 1 aliphatic rings. The third kappa shape index (κ3) is 1.55. The summed E-state index contributed by atoms with van der Waals surface area (Å²) in [5.74, 6) is -0.214. The monoisotopic (exact) mass is 194 g/mol. The van der Waals surface area contributed by atoms with Gasteiger partial charge in [0.25, 0.3) is 0 Å². The van der Waals surface area contributed by atoms with Gasteiger partial charge in [-0.05, 0) is 41.5 Å². The number of hydrogen-bond acceptors (Lipinski definition) is 1. The third-order valence-electron chi connectivity index (χ3n) is 3.00. The standard InChI is InChI=1S/C12H15FO/c1-12(2)7-10(14)6-8-5-9(13)3-4-11(8)12/h3-5,10,14H,6-7H2,1-2H3. The van der Waals surface area contributed by atoms with E-state index in [-0.39, 0.29) is 17.3 Å². The van der Waals surface area contributed by atoms with Crippen molar-refractivity contribution in [1.29, 1.82) is 0 Å². The van der Waals surface area contributed by atoms with E-state index in [4.69, 9.17) is 0 Å². The average molecular weight is 194 g/mol. The average Bonchev–Trinajstić information content (AvgIpc) is 2.00. The smallest absolute Gasteiger partial charge is 0.123 e. The summed E-state index contributed by atoms with van der Waals surface area (Å²) < 4.78 is 13.0. The summed E-state index contributed by atoms with van der Waals surface area (Å²) in [5, 5.41) is 9.66. The van der Waals surface area contributed by atoms with Crippen molar-refractivity contribution in [3.8, 4) is 0 Å². The fourth-order valence-electron chi connectivity index (χ4n) is 2.42. The molecule has 2 rings (SSSR count). The Morgan fingerprint density at radius 3 is 2.86 bits per heavy atom. The second-order valence-electron chi connectivity index (χ2n) is 4.75. The van der Waals surface area contributed by atoms with Gasteiger partial charge in [-0.2, -0.15) is 0 Å². The summed E-state index contributed by atoms with van der Waals surface area (Å²) in [4.78, 5) is 0. The van der Waals surface area contributed by atoms with Crippen molar-refractivity contribution < 1.29 is 9.50 Å². The molecule has 0 bridgehead atoms. The molecule has 1 nitrogen and oxygen atoms in total. The highest BCUT2D eigenvalue weighted by atomic mass is 19.1. The van der Waals surface area contributed by atoms with Crippen LogP contribution < -0.4 is 0 Å². The van der Waals surface area contributed by atoms with Crippen LogP contribution in [0.3, 0.4) is 0 Å². The van der Waals surface area contributed by atoms with Crippen molar-refractivity contribution in [2.75, 3.05) is 0 Å². The SMILES string of the molecule is CC1(C)CC(O)Cc2cc(F)ccc21. The Morgan fingerprint density at radius 2 is 2.14 bits per heavy atom. The van der Waals surface area contributed by atoms with E-state index in [2.05, 4.69) is 13.8 Å². The fourth-order valence-corrected chi connectivity index (χ4v) is 2.42. The molecule has 0 fully saturated rings. The quantitative estimate of drug-likeness (QED) is 0.672. The first-order valence-electron chi connectivity index (χ1n) is 4.96. The number of aliphatic hydroxyl groups excluding tert-OH is 1. The van der Waals surface area contributed by atoms with E-state index in [0.29, 0.717) is 6.42 Å². The van der Waals surface area contributed by atoms with Crippen LogP contribution in [0.2, 0.25) is 0 Å². The van der Waals surface area contributed by atoms with E-state index in [1.54, 1.807) is 6.07 Å². The molecular formula is C12H15FO. The van der Waals surface area contributed by atoms with Crippen LogP contribution in [0.1, 0.15) is 31.4 Å². The first kappa shape index (κ1) is 9.66. The zero-order valence-corrected chi connectivity index (χ0v) is 8.55. The van der Waals surface area contributed by atoms with E-state index >= 15 is 0 Å². The van der Waals surface area contributed by atoms with Gasteiger partial charge in [-0.25, -0.2) is 4.39 Å². The molecule has 0 aromatic heterocycles. The molecule has 0 aliphatic heterocycles. The first-order chi connectivity index (χ1) is 6.49. The van der Waals surface area contributed by atoms with Crippen LogP contribution in [0.15, 0.2) is 18.2 Å². The minimum absolute atomic E-state index is 0.0410. The lowest BCUT2D eigenvalue weighted by molar-refractivity contribution is 0.127. The minimum atomic E-state index is -0.334. The summed E-state index contributed by atoms with van der Waals surface area (Å²) in [7, 11) is 0. The maximum atomic E-state index is 13.0. The van der Waals surface area contributed by atoms with E-state index < -0.39 is 0 Å². The van der Waals surface area contributed by atoms with E-state index in [0.717, 1.165) is 12.0 Å². The summed E-state index contributed by atoms with van der Waals surface area (Å²) in [6, 6.07) is 4.88. The van der Waals surface area contributed by atoms with Gasteiger partial charge in [-0.3, -0.25) is 0 Å². The highest BCUT2D eigenvalue weighted by molar-refractivity contribution is 5.36. The molecule has 0 heterocycles. The fraction of sp³-hybridized carbons (Fsp3) is 0.500. The van der Waals surface area contributed by atoms with Gasteiger partial charge in [0.1, 0.15) is 5.82 Å². The molecule has 1 aromatic carbocycles. The lowest BCUT2D eigenvalue weighted by atomic mass is 9.72. The minimum Gasteiger partial charge on any atom is -0.393 e. The molecule has 1 atom stereocenters. The van der Waals surface area contributed by atoms with Gasteiger partial charge in [0.15, 0.2) is 0 Å². The lowest BCUT2D eigenvalue weighted by Crippen LogP contribution is -2.32. The van der Waals surface area contributed by atoms with E-state index in [1.165, 1.54) is 11.6 Å². The molecule has 1 unspecified atom stereocenters. The van der Waals surface area contributed by atoms with Gasteiger partial charge in [0, 0.05) is 0 Å². The number of hydrogen-bond donors (Lipinski definition) is 1. The summed E-state index contributed by atoms with van der Waals surface area (Å²) in [5.41, 5.74) is 2.08. The van der Waals surface area contributed by atoms with Gasteiger partial charge in [-0.1, -0.05) is 19.9 Å². The lowest BCUT2D eigenvalue weighted by Gasteiger charge is -2.35. The van der Waals surface area contributed by atoms with Crippen molar-refractivity contribution in [3.05, 3.63) is 35.1 Å². The molecule has 1 N–H and O–H groups in total. The normalized spacial score (nSPS) is 24.4. The maximum Gasteiger partial charge on any atom is 0.123 e. The molecule has 0 saturated heterocycles. The van der Waals surface area contributed by atoms with Gasteiger partial charge in [0.2, 0.25) is 0 Å². The molecule has 0 saturated carbocycles. The van der Waals surface area contributed by atoms with Crippen LogP contribution in [-0.4, -0.2) is 11.2 Å². The molecule has 1 aliphatic carbocycles. The van der Waals surface area contributed by atoms with Gasteiger partial charge >= 0.3 is 0 Å². The molecule has 14 heavy (non-hydrogen) atoms. The van der Waals surface area contributed by atoms with Crippen molar-refractivity contribution in [3.63, 3.8) is 0 Å². The molecule has 0 radical (unpaired) electrons. The van der Waals surface area contributed by atoms with Crippen LogP contribution in [0, 0.1) is 5.82 Å². The predicted molar refractivity (Wildman–Crippen MR) is 53.8 cm³/mol. The van der Waals surface area contributed by atoms with Gasteiger partial charge in [0.05, 0.1) is 6.10 Å². The van der Waals surface area contributed by atoms with Crippen LogP contribution in [0.4, 0.5) is 4.39 Å². The molecule has 76 valence electrons. The number of halogens is 1. The number of rotatable bonds is 0. The number of benzene rings is 1. The highest BCUT2D eigenvalue weighted by Gasteiger charge is 2.31. The van der Waals surface area contributed by atoms with Crippen LogP contribution in [0.5, 0.6) is 0 Å². The Labute approximate surface area is 83.6 Å². The Hall–Kier alpha value is -0.890. The zero-order valence-electron chi connectivity index (χ0n) is 8.55. The summed E-state index contributed by atoms with van der Waals surface area (Å²) in [6.07, 6.45) is 1.00. The Bertz CT molecular complexity index is 357. The third-order valence-corrected chi connectivity index (χ3v) is 3.00. The predicted octanol–water partition coefficient (Wildman–Crippen LogP) is 2.41.